The van der Waals surface area contributed by atoms with E-state index in [1.165, 1.54) is 0 Å². The molecule has 1 heterocycles. The lowest BCUT2D eigenvalue weighted by Crippen LogP contribution is -1.95. The summed E-state index contributed by atoms with van der Waals surface area (Å²) in [7, 11) is 0. The summed E-state index contributed by atoms with van der Waals surface area (Å²) in [5.74, 6) is 1.20. The molecule has 3 nitrogen and oxygen atoms in total. The smallest absolute Gasteiger partial charge is 0.143 e. The summed E-state index contributed by atoms with van der Waals surface area (Å²) in [5.41, 5.74) is 1.70. The molecule has 1 N–H and O–H groups in total. The van der Waals surface area contributed by atoms with Crippen LogP contribution in [0.1, 0.15) is 12.7 Å². The highest BCUT2D eigenvalue weighted by molar-refractivity contribution is 5.82. The number of rotatable bonds is 1. The van der Waals surface area contributed by atoms with Gasteiger partial charge in [0, 0.05) is 6.54 Å². The van der Waals surface area contributed by atoms with Crippen LogP contribution in [0.3, 0.4) is 0 Å². The van der Waals surface area contributed by atoms with Crippen molar-refractivity contribution >= 4 is 11.0 Å². The van der Waals surface area contributed by atoms with E-state index < -0.39 is 0 Å². The van der Waals surface area contributed by atoms with Gasteiger partial charge in [0.1, 0.15) is 17.1 Å². The highest BCUT2D eigenvalue weighted by Crippen LogP contribution is 2.24. The fraction of sp³-hybridized carbons (Fsp3) is 0.300. The van der Waals surface area contributed by atoms with Crippen LogP contribution in [0, 0.1) is 6.92 Å². The van der Waals surface area contributed by atoms with Crippen LogP contribution in [0.5, 0.6) is 5.75 Å². The summed E-state index contributed by atoms with van der Waals surface area (Å²) in [6, 6.07) is 5.47. The second-order valence-corrected chi connectivity index (χ2v) is 3.05. The Balaban J connectivity index is 2.86. The fourth-order valence-electron chi connectivity index (χ4n) is 1.65. The van der Waals surface area contributed by atoms with E-state index in [4.69, 9.17) is 0 Å². The molecule has 68 valence electrons. The maximum atomic E-state index is 9.53. The van der Waals surface area contributed by atoms with Crippen LogP contribution in [0.25, 0.3) is 11.0 Å². The van der Waals surface area contributed by atoms with Crippen molar-refractivity contribution in [3.05, 3.63) is 24.0 Å². The normalized spacial score (nSPS) is 10.9. The standard InChI is InChI=1S/C10H12N2O/c1-3-12-7(2)11-10-8(12)5-4-6-9(10)13/h4-6,13H,3H2,1-2H3. The SMILES string of the molecule is CCn1c(C)nc2c(O)cccc21. The topological polar surface area (TPSA) is 38.0 Å². The molecule has 0 aliphatic heterocycles. The lowest BCUT2D eigenvalue weighted by Gasteiger charge is -2.00. The number of para-hydroxylation sites is 1. The molecule has 0 fully saturated rings. The van der Waals surface area contributed by atoms with Gasteiger partial charge in [-0.3, -0.25) is 0 Å². The molecule has 0 amide bonds. The van der Waals surface area contributed by atoms with Crippen molar-refractivity contribution in [1.82, 2.24) is 9.55 Å². The minimum atomic E-state index is 0.257. The third-order valence-electron chi connectivity index (χ3n) is 2.26. The quantitative estimate of drug-likeness (QED) is 0.722. The van der Waals surface area contributed by atoms with Crippen LogP contribution < -0.4 is 0 Å². The number of imidazole rings is 1. The monoisotopic (exact) mass is 176 g/mol. The van der Waals surface area contributed by atoms with E-state index in [1.54, 1.807) is 6.07 Å². The molecule has 0 saturated heterocycles. The van der Waals surface area contributed by atoms with Gasteiger partial charge in [0.2, 0.25) is 0 Å². The zero-order chi connectivity index (χ0) is 9.42. The number of hydrogen-bond donors (Lipinski definition) is 1. The van der Waals surface area contributed by atoms with Crippen molar-refractivity contribution < 1.29 is 5.11 Å². The number of phenolic OH excluding ortho intramolecular Hbond substituents is 1. The lowest BCUT2D eigenvalue weighted by molar-refractivity contribution is 0.480. The summed E-state index contributed by atoms with van der Waals surface area (Å²) in [6.45, 7) is 4.90. The Hall–Kier alpha value is -1.51. The molecular formula is C10H12N2O. The van der Waals surface area contributed by atoms with Crippen molar-refractivity contribution in [2.24, 2.45) is 0 Å². The first-order chi connectivity index (χ1) is 6.24. The molecule has 0 atom stereocenters. The molecule has 2 rings (SSSR count). The second kappa shape index (κ2) is 2.76. The Labute approximate surface area is 76.6 Å². The third-order valence-corrected chi connectivity index (χ3v) is 2.26. The van der Waals surface area contributed by atoms with Gasteiger partial charge in [0.15, 0.2) is 0 Å². The van der Waals surface area contributed by atoms with Crippen LogP contribution in [0.4, 0.5) is 0 Å². The molecule has 0 saturated carbocycles. The number of aromatic hydroxyl groups is 1. The molecule has 0 bridgehead atoms. The maximum Gasteiger partial charge on any atom is 0.143 e. The Morgan fingerprint density at radius 3 is 2.92 bits per heavy atom. The van der Waals surface area contributed by atoms with Crippen molar-refractivity contribution in [3.63, 3.8) is 0 Å². The van der Waals surface area contributed by atoms with E-state index >= 15 is 0 Å². The van der Waals surface area contributed by atoms with Crippen LogP contribution in [0.2, 0.25) is 0 Å². The Kier molecular flexibility index (Phi) is 1.72. The molecule has 0 aliphatic rings. The number of nitrogens with zero attached hydrogens (tertiary/aromatic N) is 2. The number of aromatic nitrogens is 2. The van der Waals surface area contributed by atoms with E-state index in [0.717, 1.165) is 17.9 Å². The highest BCUT2D eigenvalue weighted by atomic mass is 16.3. The zero-order valence-electron chi connectivity index (χ0n) is 7.78. The first-order valence-corrected chi connectivity index (χ1v) is 4.39. The second-order valence-electron chi connectivity index (χ2n) is 3.05. The summed E-state index contributed by atoms with van der Waals surface area (Å²) < 4.78 is 2.08. The number of fused-ring (bicyclic) bond motifs is 1. The number of phenols is 1. The summed E-state index contributed by atoms with van der Waals surface area (Å²) in [6.07, 6.45) is 0. The first kappa shape index (κ1) is 8.10. The Bertz CT molecular complexity index is 445. The fourth-order valence-corrected chi connectivity index (χ4v) is 1.65. The average molecular weight is 176 g/mol. The van der Waals surface area contributed by atoms with Gasteiger partial charge in [-0.1, -0.05) is 6.07 Å². The van der Waals surface area contributed by atoms with Crippen molar-refractivity contribution in [1.29, 1.82) is 0 Å². The zero-order valence-corrected chi connectivity index (χ0v) is 7.78. The Morgan fingerprint density at radius 2 is 2.23 bits per heavy atom. The molecule has 0 aliphatic carbocycles. The van der Waals surface area contributed by atoms with Gasteiger partial charge < -0.3 is 9.67 Å². The first-order valence-electron chi connectivity index (χ1n) is 4.39. The minimum absolute atomic E-state index is 0.257. The van der Waals surface area contributed by atoms with Crippen LogP contribution in [0.15, 0.2) is 18.2 Å². The highest BCUT2D eigenvalue weighted by Gasteiger charge is 2.07. The predicted octanol–water partition coefficient (Wildman–Crippen LogP) is 2.07. The molecule has 0 unspecified atom stereocenters. The lowest BCUT2D eigenvalue weighted by atomic mass is 10.3. The van der Waals surface area contributed by atoms with Crippen LogP contribution in [-0.4, -0.2) is 14.7 Å². The van der Waals surface area contributed by atoms with E-state index in [0.29, 0.717) is 5.52 Å². The van der Waals surface area contributed by atoms with Crippen LogP contribution in [-0.2, 0) is 6.54 Å². The van der Waals surface area contributed by atoms with Gasteiger partial charge in [-0.25, -0.2) is 4.98 Å². The molecule has 13 heavy (non-hydrogen) atoms. The molecule has 1 aromatic heterocycles. The van der Waals surface area contributed by atoms with Crippen molar-refractivity contribution in [2.45, 2.75) is 20.4 Å². The number of hydrogen-bond acceptors (Lipinski definition) is 2. The minimum Gasteiger partial charge on any atom is -0.506 e. The van der Waals surface area contributed by atoms with Crippen molar-refractivity contribution in [2.75, 3.05) is 0 Å². The summed E-state index contributed by atoms with van der Waals surface area (Å²) >= 11 is 0. The van der Waals surface area contributed by atoms with Gasteiger partial charge in [0.25, 0.3) is 0 Å². The van der Waals surface area contributed by atoms with Crippen molar-refractivity contribution in [3.8, 4) is 5.75 Å². The maximum absolute atomic E-state index is 9.53. The van der Waals surface area contributed by atoms with Crippen LogP contribution >= 0.6 is 0 Å². The van der Waals surface area contributed by atoms with Gasteiger partial charge >= 0.3 is 0 Å². The summed E-state index contributed by atoms with van der Waals surface area (Å²) in [4.78, 5) is 4.30. The Morgan fingerprint density at radius 1 is 1.46 bits per heavy atom. The largest absolute Gasteiger partial charge is 0.506 e. The van der Waals surface area contributed by atoms with E-state index in [1.807, 2.05) is 19.1 Å². The van der Waals surface area contributed by atoms with Gasteiger partial charge in [-0.05, 0) is 26.0 Å². The molecule has 3 heteroatoms. The molecule has 2 aromatic rings. The van der Waals surface area contributed by atoms with Gasteiger partial charge in [0.05, 0.1) is 5.52 Å². The predicted molar refractivity (Wildman–Crippen MR) is 51.8 cm³/mol. The summed E-state index contributed by atoms with van der Waals surface area (Å²) in [5, 5.41) is 9.53. The van der Waals surface area contributed by atoms with Gasteiger partial charge in [-0.2, -0.15) is 0 Å². The molecule has 1 aromatic carbocycles. The molecular weight excluding hydrogens is 164 g/mol. The average Bonchev–Trinajstić information content (AvgIpc) is 2.43. The molecule has 0 radical (unpaired) electrons. The number of aryl methyl sites for hydroxylation is 2. The molecule has 0 spiro atoms. The number of benzene rings is 1. The van der Waals surface area contributed by atoms with E-state index in [2.05, 4.69) is 16.5 Å². The van der Waals surface area contributed by atoms with E-state index in [9.17, 15) is 5.11 Å². The third kappa shape index (κ3) is 1.08. The van der Waals surface area contributed by atoms with Gasteiger partial charge in [-0.15, -0.1) is 0 Å². The van der Waals surface area contributed by atoms with E-state index in [-0.39, 0.29) is 5.75 Å².